The zero-order chi connectivity index (χ0) is 12.4. The van der Waals surface area contributed by atoms with Crippen LogP contribution < -0.4 is 5.32 Å². The Morgan fingerprint density at radius 2 is 2.06 bits per heavy atom. The summed E-state index contributed by atoms with van der Waals surface area (Å²) < 4.78 is 37.4. The molecule has 0 aliphatic carbocycles. The molecule has 0 atom stereocenters. The van der Waals surface area contributed by atoms with Gasteiger partial charge >= 0.3 is 6.18 Å². The third-order valence-electron chi connectivity index (χ3n) is 2.20. The quantitative estimate of drug-likeness (QED) is 0.878. The van der Waals surface area contributed by atoms with Gasteiger partial charge in [-0.15, -0.1) is 11.3 Å². The van der Waals surface area contributed by atoms with Gasteiger partial charge in [0.25, 0.3) is 5.91 Å². The normalized spacial score (nSPS) is 12.6. The molecule has 0 aliphatic rings. The van der Waals surface area contributed by atoms with Crippen LogP contribution in [0.25, 0.3) is 0 Å². The Morgan fingerprint density at radius 3 is 2.50 bits per heavy atom. The zero-order valence-electron chi connectivity index (χ0n) is 8.89. The number of halogens is 3. The van der Waals surface area contributed by atoms with E-state index in [1.165, 1.54) is 11.3 Å². The topological polar surface area (TPSA) is 29.1 Å². The molecule has 1 heterocycles. The molecule has 1 aromatic rings. The van der Waals surface area contributed by atoms with E-state index >= 15 is 0 Å². The minimum Gasteiger partial charge on any atom is -0.350 e. The highest BCUT2D eigenvalue weighted by Crippen LogP contribution is 2.36. The maximum absolute atomic E-state index is 12.5. The van der Waals surface area contributed by atoms with E-state index in [1.807, 2.05) is 0 Å². The van der Waals surface area contributed by atoms with Gasteiger partial charge in [-0.05, 0) is 25.3 Å². The molecule has 16 heavy (non-hydrogen) atoms. The van der Waals surface area contributed by atoms with Crippen molar-refractivity contribution in [3.63, 3.8) is 0 Å². The van der Waals surface area contributed by atoms with Crippen molar-refractivity contribution in [2.24, 2.45) is 5.41 Å². The Labute approximate surface area is 95.5 Å². The van der Waals surface area contributed by atoms with Crippen LogP contribution >= 0.6 is 11.3 Å². The van der Waals surface area contributed by atoms with E-state index in [2.05, 4.69) is 5.32 Å². The first-order chi connectivity index (χ1) is 7.24. The van der Waals surface area contributed by atoms with Gasteiger partial charge in [-0.25, -0.2) is 0 Å². The molecule has 6 heteroatoms. The first-order valence-corrected chi connectivity index (χ1v) is 5.50. The van der Waals surface area contributed by atoms with Gasteiger partial charge < -0.3 is 5.32 Å². The summed E-state index contributed by atoms with van der Waals surface area (Å²) >= 11 is 1.20. The predicted molar refractivity (Wildman–Crippen MR) is 56.5 cm³/mol. The van der Waals surface area contributed by atoms with Gasteiger partial charge in [0.15, 0.2) is 0 Å². The van der Waals surface area contributed by atoms with Crippen molar-refractivity contribution >= 4 is 17.2 Å². The molecule has 0 aliphatic heterocycles. The number of rotatable bonds is 3. The van der Waals surface area contributed by atoms with E-state index in [4.69, 9.17) is 0 Å². The van der Waals surface area contributed by atoms with Crippen molar-refractivity contribution in [3.05, 3.63) is 22.4 Å². The van der Waals surface area contributed by atoms with E-state index in [0.29, 0.717) is 4.88 Å². The lowest BCUT2D eigenvalue weighted by atomic mass is 9.93. The van der Waals surface area contributed by atoms with Gasteiger partial charge in [0.05, 0.1) is 10.3 Å². The maximum Gasteiger partial charge on any atom is 0.395 e. The van der Waals surface area contributed by atoms with Crippen LogP contribution in [0.3, 0.4) is 0 Å². The number of hydrogen-bond acceptors (Lipinski definition) is 2. The number of amides is 1. The summed E-state index contributed by atoms with van der Waals surface area (Å²) in [5.74, 6) is -0.465. The van der Waals surface area contributed by atoms with Crippen LogP contribution in [-0.4, -0.2) is 18.6 Å². The molecule has 0 saturated carbocycles. The molecule has 0 spiro atoms. The van der Waals surface area contributed by atoms with Crippen LogP contribution in [0.2, 0.25) is 0 Å². The molecule has 1 aromatic heterocycles. The van der Waals surface area contributed by atoms with Crippen LogP contribution in [0.15, 0.2) is 17.5 Å². The molecule has 1 N–H and O–H groups in total. The SMILES string of the molecule is CC(C)(CNC(=O)c1cccs1)C(F)(F)F. The molecule has 90 valence electrons. The van der Waals surface area contributed by atoms with Crippen molar-refractivity contribution in [1.29, 1.82) is 0 Å². The third kappa shape index (κ3) is 2.98. The van der Waals surface area contributed by atoms with Crippen molar-refractivity contribution in [1.82, 2.24) is 5.32 Å². The van der Waals surface area contributed by atoms with Gasteiger partial charge in [0.2, 0.25) is 0 Å². The highest BCUT2D eigenvalue weighted by Gasteiger charge is 2.47. The number of carbonyl (C=O) groups excluding carboxylic acids is 1. The standard InChI is InChI=1S/C10H12F3NOS/c1-9(2,10(11,12)13)6-14-8(15)7-4-3-5-16-7/h3-5H,6H2,1-2H3,(H,14,15). The monoisotopic (exact) mass is 251 g/mol. The van der Waals surface area contributed by atoms with Crippen LogP contribution in [0.1, 0.15) is 23.5 Å². The fourth-order valence-corrected chi connectivity index (χ4v) is 1.54. The molecule has 1 amide bonds. The van der Waals surface area contributed by atoms with Crippen LogP contribution in [0.4, 0.5) is 13.2 Å². The second-order valence-corrected chi connectivity index (χ2v) is 4.99. The van der Waals surface area contributed by atoms with Crippen molar-refractivity contribution in [2.45, 2.75) is 20.0 Å². The lowest BCUT2D eigenvalue weighted by molar-refractivity contribution is -0.208. The summed E-state index contributed by atoms with van der Waals surface area (Å²) in [7, 11) is 0. The molecular formula is C10H12F3NOS. The summed E-state index contributed by atoms with van der Waals surface area (Å²) in [5.41, 5.74) is -1.92. The van der Waals surface area contributed by atoms with Gasteiger partial charge in [-0.3, -0.25) is 4.79 Å². The van der Waals surface area contributed by atoms with Crippen LogP contribution in [-0.2, 0) is 0 Å². The molecule has 1 rings (SSSR count). The Hall–Kier alpha value is -1.04. The summed E-state index contributed by atoms with van der Waals surface area (Å²) in [6, 6.07) is 3.25. The number of hydrogen-bond donors (Lipinski definition) is 1. The number of alkyl halides is 3. The third-order valence-corrected chi connectivity index (χ3v) is 3.07. The van der Waals surface area contributed by atoms with E-state index in [0.717, 1.165) is 13.8 Å². The highest BCUT2D eigenvalue weighted by atomic mass is 32.1. The first-order valence-electron chi connectivity index (χ1n) is 4.62. The molecule has 0 saturated heterocycles. The highest BCUT2D eigenvalue weighted by molar-refractivity contribution is 7.12. The van der Waals surface area contributed by atoms with Crippen LogP contribution in [0, 0.1) is 5.41 Å². The molecular weight excluding hydrogens is 239 g/mol. The lowest BCUT2D eigenvalue weighted by Crippen LogP contribution is -2.43. The zero-order valence-corrected chi connectivity index (χ0v) is 9.71. The maximum atomic E-state index is 12.5. The fraction of sp³-hybridized carbons (Fsp3) is 0.500. The molecule has 2 nitrogen and oxygen atoms in total. The fourth-order valence-electron chi connectivity index (χ4n) is 0.896. The summed E-state index contributed by atoms with van der Waals surface area (Å²) in [4.78, 5) is 11.8. The van der Waals surface area contributed by atoms with Gasteiger partial charge in [0.1, 0.15) is 0 Å². The van der Waals surface area contributed by atoms with E-state index in [1.54, 1.807) is 17.5 Å². The van der Waals surface area contributed by atoms with Crippen LogP contribution in [0.5, 0.6) is 0 Å². The van der Waals surface area contributed by atoms with Gasteiger partial charge in [-0.2, -0.15) is 13.2 Å². The van der Waals surface area contributed by atoms with Crippen molar-refractivity contribution in [2.75, 3.05) is 6.54 Å². The summed E-state index contributed by atoms with van der Waals surface area (Å²) in [6.07, 6.45) is -4.32. The van der Waals surface area contributed by atoms with E-state index in [-0.39, 0.29) is 0 Å². The first kappa shape index (κ1) is 13.0. The van der Waals surface area contributed by atoms with Crippen molar-refractivity contribution < 1.29 is 18.0 Å². The summed E-state index contributed by atoms with van der Waals surface area (Å²) in [5, 5.41) is 3.98. The van der Waals surface area contributed by atoms with Gasteiger partial charge in [-0.1, -0.05) is 6.07 Å². The molecule has 0 aromatic carbocycles. The van der Waals surface area contributed by atoms with E-state index < -0.39 is 24.0 Å². The van der Waals surface area contributed by atoms with Crippen molar-refractivity contribution in [3.8, 4) is 0 Å². The Kier molecular flexibility index (Phi) is 3.62. The average Bonchev–Trinajstić information content (AvgIpc) is 2.65. The average molecular weight is 251 g/mol. The Balaban J connectivity index is 2.56. The molecule has 0 fully saturated rings. The summed E-state index contributed by atoms with van der Waals surface area (Å²) in [6.45, 7) is 1.69. The minimum atomic E-state index is -4.32. The van der Waals surface area contributed by atoms with Gasteiger partial charge in [0, 0.05) is 6.54 Å². The number of nitrogens with one attached hydrogen (secondary N) is 1. The Bertz CT molecular complexity index is 357. The molecule has 0 unspecified atom stereocenters. The molecule has 0 radical (unpaired) electrons. The second kappa shape index (κ2) is 4.45. The molecule has 0 bridgehead atoms. The smallest absolute Gasteiger partial charge is 0.350 e. The number of carbonyl (C=O) groups is 1. The number of thiophene rings is 1. The largest absolute Gasteiger partial charge is 0.395 e. The Morgan fingerprint density at radius 1 is 1.44 bits per heavy atom. The lowest BCUT2D eigenvalue weighted by Gasteiger charge is -2.27. The second-order valence-electron chi connectivity index (χ2n) is 4.04. The minimum absolute atomic E-state index is 0.415. The predicted octanol–water partition coefficient (Wildman–Crippen LogP) is 3.07. The van der Waals surface area contributed by atoms with E-state index in [9.17, 15) is 18.0 Å².